The lowest BCUT2D eigenvalue weighted by atomic mass is 10.2. The zero-order valence-electron chi connectivity index (χ0n) is 18.5. The standard InChI is InChI=1S/C22H21N7O2S2.O2/c30-20(24-6-4-14-11-25-22(31)26-12-14)15-13-33-21-17(15)19(29-7-9-32-10-8-29)27-18(28-21)16-3-1-2-5-23-16;1-2/h1-3,5,11-13H,4,6-10H2,(H,24,30)(H,25,26,31);. The molecule has 11 nitrogen and oxygen atoms in total. The summed E-state index contributed by atoms with van der Waals surface area (Å²) >= 11 is 3.36. The number of hydrogen-bond acceptors (Lipinski definition) is 11. The quantitative estimate of drug-likeness (QED) is 0.395. The second-order valence-corrected chi connectivity index (χ2v) is 9.53. The average Bonchev–Trinajstić information content (AvgIpc) is 3.36. The third kappa shape index (κ3) is 5.69. The van der Waals surface area contributed by atoms with Gasteiger partial charge < -0.3 is 15.2 Å². The minimum Gasteiger partial charge on any atom is -0.354 e. The summed E-state index contributed by atoms with van der Waals surface area (Å²) in [6.07, 6.45) is 5.42. The van der Waals surface area contributed by atoms with E-state index >= 15 is 0 Å². The number of H-pyrrole nitrogens is 1. The lowest BCUT2D eigenvalue weighted by Crippen LogP contribution is -2.34. The minimum atomic E-state index is -0.388. The van der Waals surface area contributed by atoms with Gasteiger partial charge in [-0.25, -0.2) is 19.7 Å². The van der Waals surface area contributed by atoms with E-state index in [-0.39, 0.29) is 11.6 Å². The molecule has 5 rings (SSSR count). The Kier molecular flexibility index (Phi) is 8.11. The van der Waals surface area contributed by atoms with Crippen molar-refractivity contribution in [2.24, 2.45) is 0 Å². The summed E-state index contributed by atoms with van der Waals surface area (Å²) in [5, 5.41) is 5.61. The van der Waals surface area contributed by atoms with Crippen molar-refractivity contribution in [1.29, 1.82) is 0 Å². The molecule has 0 atom stereocenters. The van der Waals surface area contributed by atoms with Crippen LogP contribution in [0.25, 0.3) is 21.7 Å². The predicted octanol–water partition coefficient (Wildman–Crippen LogP) is 2.43. The lowest BCUT2D eigenvalue weighted by Gasteiger charge is -2.28. The van der Waals surface area contributed by atoms with E-state index < -0.39 is 0 Å². The number of fused-ring (bicyclic) bond motifs is 1. The lowest BCUT2D eigenvalue weighted by molar-refractivity contribution is 0.0956. The van der Waals surface area contributed by atoms with Crippen molar-refractivity contribution in [2.75, 3.05) is 36.0 Å². The maximum atomic E-state index is 13.1. The van der Waals surface area contributed by atoms with Gasteiger partial charge in [0.05, 0.1) is 10.9 Å². The number of hydrogen-bond donors (Lipinski definition) is 2. The highest BCUT2D eigenvalue weighted by Gasteiger charge is 2.24. The number of carbonyl (C=O) groups is 1. The molecule has 0 spiro atoms. The molecule has 0 radical (unpaired) electrons. The number of nitrogens with one attached hydrogen (secondary N) is 2. The third-order valence-electron chi connectivity index (χ3n) is 5.29. The molecule has 0 aliphatic carbocycles. The predicted molar refractivity (Wildman–Crippen MR) is 138 cm³/mol. The highest BCUT2D eigenvalue weighted by atomic mass is 32.2. The van der Waals surface area contributed by atoms with Crippen LogP contribution in [0.15, 0.2) is 47.0 Å². The van der Waals surface area contributed by atoms with Crippen molar-refractivity contribution >= 4 is 45.0 Å². The summed E-state index contributed by atoms with van der Waals surface area (Å²) in [7, 11) is 0. The van der Waals surface area contributed by atoms with Crippen molar-refractivity contribution in [3.8, 4) is 11.5 Å². The summed E-state index contributed by atoms with van der Waals surface area (Å²) in [6, 6.07) is 5.67. The van der Waals surface area contributed by atoms with Gasteiger partial charge in [0.1, 0.15) is 16.3 Å². The molecular formula is C22H21N7O4S2. The molecule has 35 heavy (non-hydrogen) atoms. The van der Waals surface area contributed by atoms with Gasteiger partial charge >= 0.3 is 5.69 Å². The fraction of sp³-hybridized carbons (Fsp3) is 0.273. The van der Waals surface area contributed by atoms with Gasteiger partial charge in [0.25, 0.3) is 5.91 Å². The van der Waals surface area contributed by atoms with Gasteiger partial charge in [-0.3, -0.25) is 9.78 Å². The maximum Gasteiger partial charge on any atom is 0.344 e. The monoisotopic (exact) mass is 511 g/mol. The fourth-order valence-electron chi connectivity index (χ4n) is 3.63. The van der Waals surface area contributed by atoms with Crippen molar-refractivity contribution < 1.29 is 4.79 Å². The van der Waals surface area contributed by atoms with Crippen LogP contribution in [-0.4, -0.2) is 62.0 Å². The van der Waals surface area contributed by atoms with Crippen LogP contribution in [0.3, 0.4) is 0 Å². The number of carbonyl (C=O) groups excluding carboxylic acids is 1. The normalized spacial score (nSPS) is 13.2. The Balaban J connectivity index is 0.00000141. The number of thiophene rings is 1. The summed E-state index contributed by atoms with van der Waals surface area (Å²) in [6.45, 7) is 2.16. The first-order valence-electron chi connectivity index (χ1n) is 10.7. The number of thioether (sulfide) groups is 1. The van der Waals surface area contributed by atoms with E-state index in [4.69, 9.17) is 19.9 Å². The largest absolute Gasteiger partial charge is 0.354 e. The molecule has 0 unspecified atom stereocenters. The molecule has 180 valence electrons. The summed E-state index contributed by atoms with van der Waals surface area (Å²) < 4.78 is 0. The van der Waals surface area contributed by atoms with Crippen LogP contribution in [0.1, 0.15) is 15.9 Å². The van der Waals surface area contributed by atoms with E-state index in [0.717, 1.165) is 46.2 Å². The van der Waals surface area contributed by atoms with Crippen molar-refractivity contribution in [3.63, 3.8) is 0 Å². The van der Waals surface area contributed by atoms with Gasteiger partial charge in [0.15, 0.2) is 5.82 Å². The Morgan fingerprint density at radius 1 is 1.14 bits per heavy atom. The number of rotatable bonds is 6. The number of pyridine rings is 1. The van der Waals surface area contributed by atoms with Gasteiger partial charge in [-0.2, -0.15) is 11.8 Å². The Morgan fingerprint density at radius 2 is 1.97 bits per heavy atom. The third-order valence-corrected chi connectivity index (χ3v) is 7.11. The van der Waals surface area contributed by atoms with Crippen LogP contribution in [0.2, 0.25) is 0 Å². The van der Waals surface area contributed by atoms with Crippen LogP contribution in [0, 0.1) is 9.93 Å². The van der Waals surface area contributed by atoms with E-state index in [2.05, 4.69) is 25.2 Å². The first kappa shape index (κ1) is 24.4. The number of aromatic nitrogens is 5. The summed E-state index contributed by atoms with van der Waals surface area (Å²) in [5.41, 5.74) is 1.75. The highest BCUT2D eigenvalue weighted by Crippen LogP contribution is 2.35. The SMILES string of the molecule is O=C(NCCc1cnc(=O)[nH]c1)c1csc2nc(-c3ccccn3)nc(N3CCSCC3)c12.O=O. The van der Waals surface area contributed by atoms with E-state index in [0.29, 0.717) is 30.0 Å². The van der Waals surface area contributed by atoms with Crippen LogP contribution in [0.4, 0.5) is 5.82 Å². The molecule has 13 heteroatoms. The van der Waals surface area contributed by atoms with Gasteiger partial charge in [0.2, 0.25) is 0 Å². The van der Waals surface area contributed by atoms with Crippen LogP contribution >= 0.6 is 23.1 Å². The molecule has 4 aromatic heterocycles. The fourth-order valence-corrected chi connectivity index (χ4v) is 5.44. The second-order valence-electron chi connectivity index (χ2n) is 7.45. The molecule has 1 saturated heterocycles. The Bertz CT molecular complexity index is 1340. The molecule has 5 heterocycles. The van der Waals surface area contributed by atoms with Crippen LogP contribution in [0.5, 0.6) is 0 Å². The number of amides is 1. The van der Waals surface area contributed by atoms with Crippen molar-refractivity contribution in [3.05, 3.63) is 73.7 Å². The van der Waals surface area contributed by atoms with Crippen LogP contribution in [-0.2, 0) is 6.42 Å². The Labute approximate surface area is 207 Å². The van der Waals surface area contributed by atoms with Crippen molar-refractivity contribution in [2.45, 2.75) is 6.42 Å². The number of nitrogens with zero attached hydrogens (tertiary/aromatic N) is 5. The van der Waals surface area contributed by atoms with E-state index in [1.807, 2.05) is 35.3 Å². The van der Waals surface area contributed by atoms with E-state index in [9.17, 15) is 9.59 Å². The second kappa shape index (κ2) is 11.6. The minimum absolute atomic E-state index is 0.166. The topological polar surface area (TPSA) is 151 Å². The Hall–Kier alpha value is -3.71. The highest BCUT2D eigenvalue weighted by molar-refractivity contribution is 7.99. The van der Waals surface area contributed by atoms with Gasteiger partial charge in [-0.15, -0.1) is 11.3 Å². The molecule has 0 aromatic carbocycles. The smallest absolute Gasteiger partial charge is 0.344 e. The van der Waals surface area contributed by atoms with Crippen molar-refractivity contribution in [1.82, 2.24) is 30.2 Å². The zero-order chi connectivity index (χ0) is 24.6. The van der Waals surface area contributed by atoms with E-state index in [1.54, 1.807) is 12.4 Å². The molecule has 1 aliphatic heterocycles. The maximum absolute atomic E-state index is 13.1. The molecule has 2 N–H and O–H groups in total. The van der Waals surface area contributed by atoms with Gasteiger partial charge in [-0.05, 0) is 24.1 Å². The van der Waals surface area contributed by atoms with Gasteiger partial charge in [0, 0.05) is 65.0 Å². The molecule has 4 aromatic rings. The van der Waals surface area contributed by atoms with Crippen LogP contribution < -0.4 is 15.9 Å². The molecule has 1 fully saturated rings. The first-order chi connectivity index (χ1) is 17.2. The molecule has 0 saturated carbocycles. The molecule has 0 bridgehead atoms. The summed E-state index contributed by atoms with van der Waals surface area (Å²) in [4.78, 5) is 61.5. The number of anilines is 1. The molecule has 1 amide bonds. The average molecular weight is 512 g/mol. The first-order valence-corrected chi connectivity index (χ1v) is 12.7. The molecular weight excluding hydrogens is 490 g/mol. The Morgan fingerprint density at radius 3 is 2.69 bits per heavy atom. The van der Waals surface area contributed by atoms with Gasteiger partial charge in [-0.1, -0.05) is 6.07 Å². The summed E-state index contributed by atoms with van der Waals surface area (Å²) in [5.74, 6) is 3.22. The number of aromatic amines is 1. The zero-order valence-corrected chi connectivity index (χ0v) is 20.1. The van der Waals surface area contributed by atoms with E-state index in [1.165, 1.54) is 17.5 Å². The molecule has 1 aliphatic rings.